The van der Waals surface area contributed by atoms with Gasteiger partial charge in [-0.2, -0.15) is 4.72 Å². The predicted octanol–water partition coefficient (Wildman–Crippen LogP) is 1.08. The number of aliphatic hydroxyl groups excluding tert-OH is 1. The molecule has 0 amide bonds. The van der Waals surface area contributed by atoms with Crippen LogP contribution >= 0.6 is 0 Å². The lowest BCUT2D eigenvalue weighted by Gasteiger charge is -2.18. The van der Waals surface area contributed by atoms with Crippen LogP contribution < -0.4 is 4.72 Å². The van der Waals surface area contributed by atoms with Gasteiger partial charge in [-0.15, -0.1) is 0 Å². The van der Waals surface area contributed by atoms with Crippen molar-refractivity contribution in [3.05, 3.63) is 29.8 Å². The van der Waals surface area contributed by atoms with E-state index >= 15 is 0 Å². The van der Waals surface area contributed by atoms with E-state index in [1.54, 1.807) is 24.3 Å². The Bertz CT molecular complexity index is 522. The molecule has 1 unspecified atom stereocenters. The van der Waals surface area contributed by atoms with E-state index in [2.05, 4.69) is 9.62 Å². The van der Waals surface area contributed by atoms with E-state index in [-0.39, 0.29) is 4.90 Å². The fourth-order valence-electron chi connectivity index (χ4n) is 2.33. The number of hydrogen-bond acceptors (Lipinski definition) is 4. The first kappa shape index (κ1) is 15.4. The van der Waals surface area contributed by atoms with Gasteiger partial charge in [-0.1, -0.05) is 17.7 Å². The number of rotatable bonds is 6. The third kappa shape index (κ3) is 4.28. The summed E-state index contributed by atoms with van der Waals surface area (Å²) in [6.07, 6.45) is 1.74. The lowest BCUT2D eigenvalue weighted by molar-refractivity contribution is 0.137. The highest BCUT2D eigenvalue weighted by Gasteiger charge is 2.19. The molecule has 1 aliphatic heterocycles. The standard InChI is InChI=1S/C14H22N2O3S/c1-12-4-6-13(7-5-12)20(18,19)15-14(17)8-11-16-9-2-3-10-16/h4-7,14-15,17H,2-3,8-11H2,1H3. The Morgan fingerprint density at radius 3 is 2.45 bits per heavy atom. The van der Waals surface area contributed by atoms with Crippen LogP contribution in [0.1, 0.15) is 24.8 Å². The Morgan fingerprint density at radius 1 is 1.25 bits per heavy atom. The summed E-state index contributed by atoms with van der Waals surface area (Å²) in [7, 11) is -3.64. The Morgan fingerprint density at radius 2 is 1.85 bits per heavy atom. The summed E-state index contributed by atoms with van der Waals surface area (Å²) in [4.78, 5) is 2.42. The highest BCUT2D eigenvalue weighted by Crippen LogP contribution is 2.12. The second-order valence-electron chi connectivity index (χ2n) is 5.29. The minimum atomic E-state index is -3.64. The number of sulfonamides is 1. The quantitative estimate of drug-likeness (QED) is 0.771. The van der Waals surface area contributed by atoms with Gasteiger partial charge < -0.3 is 10.0 Å². The molecule has 1 heterocycles. The molecule has 2 rings (SSSR count). The fraction of sp³-hybridized carbons (Fsp3) is 0.571. The molecule has 1 aromatic carbocycles. The first-order valence-corrected chi connectivity index (χ1v) is 8.45. The molecule has 20 heavy (non-hydrogen) atoms. The van der Waals surface area contributed by atoms with Gasteiger partial charge in [0.05, 0.1) is 4.90 Å². The first-order chi connectivity index (χ1) is 9.47. The van der Waals surface area contributed by atoms with Crippen LogP contribution in [0.3, 0.4) is 0 Å². The van der Waals surface area contributed by atoms with E-state index in [0.717, 1.165) is 25.2 Å². The number of likely N-dealkylation sites (tertiary alicyclic amines) is 1. The van der Waals surface area contributed by atoms with Gasteiger partial charge in [0.1, 0.15) is 6.23 Å². The molecule has 6 heteroatoms. The van der Waals surface area contributed by atoms with Crippen molar-refractivity contribution in [2.45, 2.75) is 37.3 Å². The highest BCUT2D eigenvalue weighted by molar-refractivity contribution is 7.89. The molecule has 0 aromatic heterocycles. The molecule has 112 valence electrons. The molecular weight excluding hydrogens is 276 g/mol. The predicted molar refractivity (Wildman–Crippen MR) is 77.8 cm³/mol. The van der Waals surface area contributed by atoms with Crippen LogP contribution in [0.15, 0.2) is 29.2 Å². The third-order valence-electron chi connectivity index (χ3n) is 3.54. The van der Waals surface area contributed by atoms with Gasteiger partial charge in [-0.3, -0.25) is 0 Å². The summed E-state index contributed by atoms with van der Waals surface area (Å²) in [5, 5.41) is 9.84. The van der Waals surface area contributed by atoms with Gasteiger partial charge in [-0.05, 0) is 45.0 Å². The van der Waals surface area contributed by atoms with E-state index < -0.39 is 16.3 Å². The summed E-state index contributed by atoms with van der Waals surface area (Å²) in [6, 6.07) is 6.58. The van der Waals surface area contributed by atoms with Crippen LogP contribution in [-0.4, -0.2) is 44.3 Å². The summed E-state index contributed by atoms with van der Waals surface area (Å²) in [6.45, 7) is 4.70. The molecule has 1 saturated heterocycles. The van der Waals surface area contributed by atoms with E-state index in [9.17, 15) is 13.5 Å². The molecule has 1 aromatic rings. The van der Waals surface area contributed by atoms with Crippen LogP contribution in [0.4, 0.5) is 0 Å². The van der Waals surface area contributed by atoms with Gasteiger partial charge in [0.15, 0.2) is 0 Å². The molecule has 1 atom stereocenters. The van der Waals surface area contributed by atoms with Crippen molar-refractivity contribution in [3.63, 3.8) is 0 Å². The molecule has 0 radical (unpaired) electrons. The van der Waals surface area contributed by atoms with E-state index in [0.29, 0.717) is 6.42 Å². The van der Waals surface area contributed by atoms with Crippen LogP contribution in [0, 0.1) is 6.92 Å². The average molecular weight is 298 g/mol. The number of nitrogens with zero attached hydrogens (tertiary/aromatic N) is 1. The number of aliphatic hydroxyl groups is 1. The van der Waals surface area contributed by atoms with E-state index in [4.69, 9.17) is 0 Å². The molecule has 1 aliphatic rings. The second kappa shape index (κ2) is 6.67. The maximum Gasteiger partial charge on any atom is 0.242 e. The zero-order valence-electron chi connectivity index (χ0n) is 11.7. The molecule has 1 fully saturated rings. The van der Waals surface area contributed by atoms with Crippen molar-refractivity contribution in [3.8, 4) is 0 Å². The lowest BCUT2D eigenvalue weighted by Crippen LogP contribution is -2.37. The Balaban J connectivity index is 1.88. The molecular formula is C14H22N2O3S. The average Bonchev–Trinajstić information content (AvgIpc) is 2.89. The van der Waals surface area contributed by atoms with Crippen molar-refractivity contribution in [1.82, 2.24) is 9.62 Å². The van der Waals surface area contributed by atoms with Crippen LogP contribution in [-0.2, 0) is 10.0 Å². The summed E-state index contributed by atoms with van der Waals surface area (Å²) < 4.78 is 26.4. The topological polar surface area (TPSA) is 69.6 Å². The Labute approximate surface area is 120 Å². The highest BCUT2D eigenvalue weighted by atomic mass is 32.2. The normalized spacial score (nSPS) is 18.3. The molecule has 0 aliphatic carbocycles. The van der Waals surface area contributed by atoms with Crippen molar-refractivity contribution >= 4 is 10.0 Å². The second-order valence-corrected chi connectivity index (χ2v) is 7.00. The monoisotopic (exact) mass is 298 g/mol. The minimum absolute atomic E-state index is 0.184. The summed E-state index contributed by atoms with van der Waals surface area (Å²) in [5.41, 5.74) is 0.999. The van der Waals surface area contributed by atoms with Gasteiger partial charge in [0.2, 0.25) is 10.0 Å². The number of hydrogen-bond donors (Lipinski definition) is 2. The van der Waals surface area contributed by atoms with Gasteiger partial charge in [0.25, 0.3) is 0 Å². The first-order valence-electron chi connectivity index (χ1n) is 6.97. The van der Waals surface area contributed by atoms with Crippen molar-refractivity contribution in [2.75, 3.05) is 19.6 Å². The molecule has 5 nitrogen and oxygen atoms in total. The molecule has 0 spiro atoms. The van der Waals surface area contributed by atoms with Crippen molar-refractivity contribution in [2.24, 2.45) is 0 Å². The summed E-state index contributed by atoms with van der Waals surface area (Å²) >= 11 is 0. The van der Waals surface area contributed by atoms with Gasteiger partial charge in [-0.25, -0.2) is 8.42 Å². The summed E-state index contributed by atoms with van der Waals surface area (Å²) in [5.74, 6) is 0. The largest absolute Gasteiger partial charge is 0.378 e. The van der Waals surface area contributed by atoms with Crippen LogP contribution in [0.2, 0.25) is 0 Å². The van der Waals surface area contributed by atoms with E-state index in [1.807, 2.05) is 6.92 Å². The maximum absolute atomic E-state index is 12.1. The number of aryl methyl sites for hydroxylation is 1. The lowest BCUT2D eigenvalue weighted by atomic mass is 10.2. The van der Waals surface area contributed by atoms with Gasteiger partial charge >= 0.3 is 0 Å². The SMILES string of the molecule is Cc1ccc(S(=O)(=O)NC(O)CCN2CCCC2)cc1. The zero-order valence-corrected chi connectivity index (χ0v) is 12.6. The molecule has 0 bridgehead atoms. The van der Waals surface area contributed by atoms with Crippen molar-refractivity contribution in [1.29, 1.82) is 0 Å². The van der Waals surface area contributed by atoms with E-state index in [1.165, 1.54) is 12.8 Å². The molecule has 2 N–H and O–H groups in total. The number of nitrogens with one attached hydrogen (secondary N) is 1. The smallest absolute Gasteiger partial charge is 0.242 e. The van der Waals surface area contributed by atoms with Crippen molar-refractivity contribution < 1.29 is 13.5 Å². The third-order valence-corrected chi connectivity index (χ3v) is 5.02. The van der Waals surface area contributed by atoms with Crippen LogP contribution in [0.25, 0.3) is 0 Å². The number of benzene rings is 1. The zero-order chi connectivity index (χ0) is 14.6. The molecule has 0 saturated carbocycles. The van der Waals surface area contributed by atoms with Crippen LogP contribution in [0.5, 0.6) is 0 Å². The Kier molecular flexibility index (Phi) is 5.15. The minimum Gasteiger partial charge on any atom is -0.378 e. The fourth-order valence-corrected chi connectivity index (χ4v) is 3.44. The maximum atomic E-state index is 12.1. The van der Waals surface area contributed by atoms with Gasteiger partial charge in [0, 0.05) is 13.0 Å². The Hall–Kier alpha value is -0.950.